The van der Waals surface area contributed by atoms with Crippen LogP contribution in [0.15, 0.2) is 42.5 Å². The lowest BCUT2D eigenvalue weighted by Crippen LogP contribution is -2.47. The molecule has 2 aromatic rings. The molecule has 0 spiro atoms. The molecule has 5 heteroatoms. The second kappa shape index (κ2) is 5.34. The third-order valence-corrected chi connectivity index (χ3v) is 5.14. The highest BCUT2D eigenvalue weighted by atomic mass is 16.5. The van der Waals surface area contributed by atoms with E-state index in [2.05, 4.69) is 13.8 Å². The van der Waals surface area contributed by atoms with Crippen molar-refractivity contribution >= 4 is 11.7 Å². The largest absolute Gasteiger partial charge is 0.488 e. The maximum Gasteiger partial charge on any atom is 0.255 e. The molecule has 2 N–H and O–H groups in total. The summed E-state index contributed by atoms with van der Waals surface area (Å²) in [6.07, 6.45) is -0.267. The Morgan fingerprint density at radius 1 is 1.24 bits per heavy atom. The number of benzene rings is 2. The van der Waals surface area contributed by atoms with Gasteiger partial charge in [0, 0.05) is 16.5 Å². The van der Waals surface area contributed by atoms with Crippen molar-refractivity contribution in [2.24, 2.45) is 5.73 Å². The van der Waals surface area contributed by atoms with Crippen molar-refractivity contribution in [3.05, 3.63) is 59.2 Å². The number of primary amides is 1. The Morgan fingerprint density at radius 3 is 2.76 bits per heavy atom. The molecule has 2 unspecified atom stereocenters. The van der Waals surface area contributed by atoms with E-state index < -0.39 is 5.91 Å². The topological polar surface area (TPSA) is 78.6 Å². The molecule has 1 heterocycles. The zero-order valence-corrected chi connectivity index (χ0v) is 14.1. The van der Waals surface area contributed by atoms with E-state index in [1.807, 2.05) is 30.3 Å². The number of para-hydroxylation sites is 1. The minimum Gasteiger partial charge on any atom is -0.488 e. The Bertz CT molecular complexity index is 887. The Morgan fingerprint density at radius 2 is 2.00 bits per heavy atom. The SMILES string of the molecule is CC1(C)c2cc(OCC(N)=O)ccc2C(=O)C2c3ccccc3OC21. The normalized spacial score (nSPS) is 22.4. The average Bonchev–Trinajstić information content (AvgIpc) is 2.99. The molecule has 4 rings (SSSR count). The van der Waals surface area contributed by atoms with Gasteiger partial charge < -0.3 is 15.2 Å². The van der Waals surface area contributed by atoms with Gasteiger partial charge in [-0.3, -0.25) is 9.59 Å². The average molecular weight is 337 g/mol. The van der Waals surface area contributed by atoms with E-state index >= 15 is 0 Å². The third-order valence-electron chi connectivity index (χ3n) is 5.14. The zero-order valence-electron chi connectivity index (χ0n) is 14.1. The Labute approximate surface area is 145 Å². The fourth-order valence-electron chi connectivity index (χ4n) is 3.89. The lowest BCUT2D eigenvalue weighted by atomic mass is 9.65. The van der Waals surface area contributed by atoms with Gasteiger partial charge in [0.05, 0.1) is 5.92 Å². The van der Waals surface area contributed by atoms with E-state index in [1.54, 1.807) is 12.1 Å². The number of Topliss-reactive ketones (excluding diaryl/α,β-unsaturated/α-hetero) is 1. The van der Waals surface area contributed by atoms with Gasteiger partial charge in [0.1, 0.15) is 17.6 Å². The highest BCUT2D eigenvalue weighted by Gasteiger charge is 2.53. The molecular formula is C20H19NO4. The van der Waals surface area contributed by atoms with E-state index in [-0.39, 0.29) is 29.8 Å². The van der Waals surface area contributed by atoms with Crippen LogP contribution in [-0.2, 0) is 10.2 Å². The number of fused-ring (bicyclic) bond motifs is 4. The highest BCUT2D eigenvalue weighted by Crippen LogP contribution is 2.52. The first-order valence-electron chi connectivity index (χ1n) is 8.25. The van der Waals surface area contributed by atoms with Crippen molar-refractivity contribution in [1.29, 1.82) is 0 Å². The van der Waals surface area contributed by atoms with Gasteiger partial charge in [-0.2, -0.15) is 0 Å². The standard InChI is InChI=1S/C20H19NO4/c1-20(2)14-9-11(24-10-16(21)22)7-8-12(14)18(23)17-13-5-3-4-6-15(13)25-19(17)20/h3-9,17,19H,10H2,1-2H3,(H2,21,22). The minimum absolute atomic E-state index is 0.0609. The first-order chi connectivity index (χ1) is 11.9. The van der Waals surface area contributed by atoms with Crippen LogP contribution in [-0.4, -0.2) is 24.4 Å². The first kappa shape index (κ1) is 15.7. The Hall–Kier alpha value is -2.82. The van der Waals surface area contributed by atoms with Crippen molar-refractivity contribution in [3.8, 4) is 11.5 Å². The summed E-state index contributed by atoms with van der Waals surface area (Å²) in [6.45, 7) is 3.94. The summed E-state index contributed by atoms with van der Waals surface area (Å²) in [5, 5.41) is 0. The second-order valence-electron chi connectivity index (χ2n) is 7.10. The monoisotopic (exact) mass is 337 g/mol. The predicted molar refractivity (Wildman–Crippen MR) is 92.1 cm³/mol. The minimum atomic E-state index is -0.539. The van der Waals surface area contributed by atoms with Crippen LogP contribution in [0.2, 0.25) is 0 Å². The van der Waals surface area contributed by atoms with Crippen molar-refractivity contribution in [2.75, 3.05) is 6.61 Å². The van der Waals surface area contributed by atoms with Gasteiger partial charge in [-0.25, -0.2) is 0 Å². The number of amides is 1. The maximum absolute atomic E-state index is 13.1. The lowest BCUT2D eigenvalue weighted by Gasteiger charge is -2.40. The smallest absolute Gasteiger partial charge is 0.255 e. The van der Waals surface area contributed by atoms with Crippen LogP contribution in [0.3, 0.4) is 0 Å². The molecule has 0 radical (unpaired) electrons. The first-order valence-corrected chi connectivity index (χ1v) is 8.25. The van der Waals surface area contributed by atoms with Gasteiger partial charge >= 0.3 is 0 Å². The molecule has 128 valence electrons. The predicted octanol–water partition coefficient (Wildman–Crippen LogP) is 2.57. The van der Waals surface area contributed by atoms with Crippen molar-refractivity contribution < 1.29 is 19.1 Å². The van der Waals surface area contributed by atoms with Crippen LogP contribution in [0.4, 0.5) is 0 Å². The van der Waals surface area contributed by atoms with Gasteiger partial charge in [-0.1, -0.05) is 32.0 Å². The number of hydrogen-bond donors (Lipinski definition) is 1. The summed E-state index contributed by atoms with van der Waals surface area (Å²) in [5.74, 6) is 0.522. The van der Waals surface area contributed by atoms with Crippen LogP contribution in [0.25, 0.3) is 0 Å². The number of ether oxygens (including phenoxy) is 2. The van der Waals surface area contributed by atoms with Gasteiger partial charge in [0.15, 0.2) is 12.4 Å². The van der Waals surface area contributed by atoms with Crippen LogP contribution >= 0.6 is 0 Å². The van der Waals surface area contributed by atoms with E-state index in [0.29, 0.717) is 11.3 Å². The van der Waals surface area contributed by atoms with Crippen molar-refractivity contribution in [3.63, 3.8) is 0 Å². The summed E-state index contributed by atoms with van der Waals surface area (Å²) in [4.78, 5) is 24.1. The number of carbonyl (C=O) groups is 2. The maximum atomic E-state index is 13.1. The molecule has 0 saturated heterocycles. The molecule has 2 atom stereocenters. The quantitative estimate of drug-likeness (QED) is 0.934. The zero-order chi connectivity index (χ0) is 17.8. The summed E-state index contributed by atoms with van der Waals surface area (Å²) >= 11 is 0. The van der Waals surface area contributed by atoms with Crippen LogP contribution < -0.4 is 15.2 Å². The summed E-state index contributed by atoms with van der Waals surface area (Å²) in [5.41, 5.74) is 7.24. The van der Waals surface area contributed by atoms with Gasteiger partial charge in [0.2, 0.25) is 0 Å². The van der Waals surface area contributed by atoms with Crippen LogP contribution in [0, 0.1) is 0 Å². The number of nitrogens with two attached hydrogens (primary N) is 1. The Balaban J connectivity index is 1.79. The van der Waals surface area contributed by atoms with Crippen molar-refractivity contribution in [1.82, 2.24) is 0 Å². The van der Waals surface area contributed by atoms with Gasteiger partial charge in [-0.15, -0.1) is 0 Å². The Kier molecular flexibility index (Phi) is 3.35. The van der Waals surface area contributed by atoms with Crippen LogP contribution in [0.1, 0.15) is 41.3 Å². The molecule has 0 saturated carbocycles. The molecule has 1 aliphatic carbocycles. The lowest BCUT2D eigenvalue weighted by molar-refractivity contribution is -0.119. The fourth-order valence-corrected chi connectivity index (χ4v) is 3.89. The van der Waals surface area contributed by atoms with E-state index in [0.717, 1.165) is 16.9 Å². The van der Waals surface area contributed by atoms with Crippen molar-refractivity contribution in [2.45, 2.75) is 31.3 Å². The number of hydrogen-bond acceptors (Lipinski definition) is 4. The molecule has 0 fully saturated rings. The molecule has 0 aromatic heterocycles. The van der Waals surface area contributed by atoms with E-state index in [9.17, 15) is 9.59 Å². The molecular weight excluding hydrogens is 318 g/mol. The molecule has 2 aromatic carbocycles. The molecule has 1 amide bonds. The third kappa shape index (κ3) is 2.30. The molecule has 0 bridgehead atoms. The van der Waals surface area contributed by atoms with Gasteiger partial charge in [-0.05, 0) is 29.8 Å². The number of rotatable bonds is 3. The number of ketones is 1. The fraction of sp³-hybridized carbons (Fsp3) is 0.300. The second-order valence-corrected chi connectivity index (χ2v) is 7.10. The van der Waals surface area contributed by atoms with E-state index in [4.69, 9.17) is 15.2 Å². The molecule has 25 heavy (non-hydrogen) atoms. The summed E-state index contributed by atoms with van der Waals surface area (Å²) in [6, 6.07) is 13.0. The summed E-state index contributed by atoms with van der Waals surface area (Å²) in [7, 11) is 0. The highest BCUT2D eigenvalue weighted by molar-refractivity contribution is 6.05. The molecule has 2 aliphatic rings. The van der Waals surface area contributed by atoms with Gasteiger partial charge in [0.25, 0.3) is 5.91 Å². The summed E-state index contributed by atoms with van der Waals surface area (Å²) < 4.78 is 11.6. The number of carbonyl (C=O) groups excluding carboxylic acids is 2. The molecule has 1 aliphatic heterocycles. The van der Waals surface area contributed by atoms with Crippen LogP contribution in [0.5, 0.6) is 11.5 Å². The van der Waals surface area contributed by atoms with E-state index in [1.165, 1.54) is 0 Å². The molecule has 5 nitrogen and oxygen atoms in total.